The third-order valence-electron chi connectivity index (χ3n) is 4.08. The summed E-state index contributed by atoms with van der Waals surface area (Å²) in [4.78, 5) is 26.9. The molecule has 1 aromatic rings. The van der Waals surface area contributed by atoms with Crippen LogP contribution in [0.4, 0.5) is 13.6 Å². The van der Waals surface area contributed by atoms with E-state index < -0.39 is 55.9 Å². The van der Waals surface area contributed by atoms with Gasteiger partial charge in [-0.15, -0.1) is 0 Å². The van der Waals surface area contributed by atoms with Gasteiger partial charge in [-0.1, -0.05) is 33.2 Å². The minimum atomic E-state index is -2.15. The van der Waals surface area contributed by atoms with E-state index in [1.54, 1.807) is 24.3 Å². The van der Waals surface area contributed by atoms with E-state index in [-0.39, 0.29) is 0 Å². The van der Waals surface area contributed by atoms with Gasteiger partial charge in [0.25, 0.3) is 0 Å². The normalized spacial score (nSPS) is 23.2. The molecule has 2 rings (SSSR count). The molecule has 26 heavy (non-hydrogen) atoms. The van der Waals surface area contributed by atoms with Crippen LogP contribution >= 0.6 is 15.9 Å². The zero-order chi connectivity index (χ0) is 19.3. The fourth-order valence-corrected chi connectivity index (χ4v) is 3.26. The van der Waals surface area contributed by atoms with Gasteiger partial charge in [-0.05, 0) is 23.2 Å². The number of halogens is 3. The van der Waals surface area contributed by atoms with Crippen molar-refractivity contribution in [3.8, 4) is 0 Å². The molecule has 1 saturated heterocycles. The summed E-state index contributed by atoms with van der Waals surface area (Å²) in [5.74, 6) is -0.810. The molecule has 1 aliphatic rings. The third-order valence-corrected chi connectivity index (χ3v) is 4.57. The van der Waals surface area contributed by atoms with E-state index >= 15 is 0 Å². The minimum absolute atomic E-state index is 0.471. The highest BCUT2D eigenvalue weighted by molar-refractivity contribution is 9.10. The van der Waals surface area contributed by atoms with E-state index in [0.29, 0.717) is 14.9 Å². The molecule has 140 valence electrons. The molecule has 0 aliphatic carbocycles. The van der Waals surface area contributed by atoms with Gasteiger partial charge in [-0.2, -0.15) is 0 Å². The molecule has 0 unspecified atom stereocenters. The monoisotopic (exact) mass is 431 g/mol. The number of carboxylic acid groups (broad SMARTS) is 1. The van der Waals surface area contributed by atoms with E-state index in [4.69, 9.17) is 5.53 Å². The van der Waals surface area contributed by atoms with Gasteiger partial charge >= 0.3 is 6.09 Å². The minimum Gasteiger partial charge on any atom is -0.465 e. The zero-order valence-corrected chi connectivity index (χ0v) is 15.1. The van der Waals surface area contributed by atoms with Crippen molar-refractivity contribution in [2.45, 2.75) is 24.2 Å². The molecule has 1 aliphatic heterocycles. The third kappa shape index (κ3) is 4.61. The average molecular weight is 432 g/mol. The number of nitrogens with one attached hydrogen (secondary N) is 1. The second kappa shape index (κ2) is 8.33. The van der Waals surface area contributed by atoms with Gasteiger partial charge in [0.05, 0.1) is 19.1 Å². The van der Waals surface area contributed by atoms with Crippen molar-refractivity contribution in [2.24, 2.45) is 5.11 Å². The number of likely N-dealkylation sites (tertiary alicyclic amines) is 1. The molecule has 0 saturated carbocycles. The maximum Gasteiger partial charge on any atom is 0.408 e. The van der Waals surface area contributed by atoms with Crippen LogP contribution in [0, 0.1) is 0 Å². The Balaban J connectivity index is 2.17. The average Bonchev–Trinajstić information content (AvgIpc) is 2.96. The number of carbonyl (C=O) groups is 2. The van der Waals surface area contributed by atoms with Gasteiger partial charge in [0.2, 0.25) is 5.91 Å². The molecule has 8 nitrogen and oxygen atoms in total. The van der Waals surface area contributed by atoms with Gasteiger partial charge in [-0.25, -0.2) is 13.6 Å². The van der Waals surface area contributed by atoms with Crippen LogP contribution in [0.15, 0.2) is 33.9 Å². The van der Waals surface area contributed by atoms with Crippen molar-refractivity contribution in [1.82, 2.24) is 10.2 Å². The first-order valence-corrected chi connectivity index (χ1v) is 8.40. The molecule has 1 aromatic carbocycles. The van der Waals surface area contributed by atoms with Gasteiger partial charge in [0.15, 0.2) is 0 Å². The van der Waals surface area contributed by atoms with Crippen LogP contribution in [0.1, 0.15) is 18.0 Å². The highest BCUT2D eigenvalue weighted by atomic mass is 79.9. The van der Waals surface area contributed by atoms with Crippen LogP contribution in [0.5, 0.6) is 0 Å². The van der Waals surface area contributed by atoms with Crippen molar-refractivity contribution in [2.75, 3.05) is 19.8 Å². The number of hydrogen-bond donors (Lipinski definition) is 2. The molecule has 1 fully saturated rings. The van der Waals surface area contributed by atoms with Gasteiger partial charge in [0, 0.05) is 15.8 Å². The lowest BCUT2D eigenvalue weighted by molar-refractivity contribution is -0.126. The number of alkyl halides is 2. The Morgan fingerprint density at radius 2 is 2.31 bits per heavy atom. The Bertz CT molecular complexity index is 746. The largest absolute Gasteiger partial charge is 0.465 e. The Hall–Kier alpha value is -2.39. The summed E-state index contributed by atoms with van der Waals surface area (Å²) in [6.45, 7) is -2.10. The van der Waals surface area contributed by atoms with Crippen LogP contribution < -0.4 is 5.32 Å². The van der Waals surface area contributed by atoms with Gasteiger partial charge < -0.3 is 10.4 Å². The molecule has 0 spiro atoms. The maximum atomic E-state index is 14.7. The van der Waals surface area contributed by atoms with Crippen LogP contribution in [0.2, 0.25) is 0 Å². The molecule has 2 amide bonds. The molecule has 0 radical (unpaired) electrons. The molecule has 0 bridgehead atoms. The van der Waals surface area contributed by atoms with E-state index in [2.05, 4.69) is 31.3 Å². The van der Waals surface area contributed by atoms with E-state index in [1.807, 2.05) is 0 Å². The van der Waals surface area contributed by atoms with Crippen molar-refractivity contribution in [3.63, 3.8) is 0 Å². The van der Waals surface area contributed by atoms with Crippen LogP contribution in [-0.2, 0) is 4.79 Å². The number of nitrogens with zero attached hydrogens (tertiary/aromatic N) is 4. The molecular weight excluding hydrogens is 416 g/mol. The van der Waals surface area contributed by atoms with Crippen LogP contribution in [0.3, 0.4) is 0 Å². The SMILES string of the molecule is [N-]=[N+]=NC[C@@]1(F)C[C@@H](C(=O)N[C@H](CF)c2cccc(Br)c2)N(C(=O)O)C1. The summed E-state index contributed by atoms with van der Waals surface area (Å²) in [5.41, 5.74) is 6.66. The first kappa shape index (κ1) is 19.9. The molecule has 1 heterocycles. The second-order valence-corrected chi connectivity index (χ2v) is 6.86. The first-order valence-electron chi connectivity index (χ1n) is 7.61. The molecule has 2 N–H and O–H groups in total. The van der Waals surface area contributed by atoms with Gasteiger partial charge in [-0.3, -0.25) is 9.69 Å². The molecular formula is C15H16BrF2N5O3. The Morgan fingerprint density at radius 1 is 1.58 bits per heavy atom. The zero-order valence-electron chi connectivity index (χ0n) is 13.5. The topological polar surface area (TPSA) is 118 Å². The fourth-order valence-electron chi connectivity index (χ4n) is 2.85. The highest BCUT2D eigenvalue weighted by Crippen LogP contribution is 2.32. The van der Waals surface area contributed by atoms with Crippen molar-refractivity contribution in [1.29, 1.82) is 0 Å². The molecule has 3 atom stereocenters. The summed E-state index contributed by atoms with van der Waals surface area (Å²) < 4.78 is 28.8. The maximum absolute atomic E-state index is 14.7. The van der Waals surface area contributed by atoms with Crippen LogP contribution in [-0.4, -0.2) is 53.5 Å². The summed E-state index contributed by atoms with van der Waals surface area (Å²) >= 11 is 3.25. The lowest BCUT2D eigenvalue weighted by Gasteiger charge is -2.23. The lowest BCUT2D eigenvalue weighted by Crippen LogP contribution is -2.46. The van der Waals surface area contributed by atoms with Gasteiger partial charge in [0.1, 0.15) is 18.4 Å². The van der Waals surface area contributed by atoms with Crippen LogP contribution in [0.25, 0.3) is 10.4 Å². The predicted molar refractivity (Wildman–Crippen MR) is 92.0 cm³/mol. The molecule has 0 aromatic heterocycles. The summed E-state index contributed by atoms with van der Waals surface area (Å²) in [5, 5.41) is 14.8. The fraction of sp³-hybridized carbons (Fsp3) is 0.467. The number of carbonyl (C=O) groups excluding carboxylic acids is 1. The Kier molecular flexibility index (Phi) is 6.38. The Labute approximate surface area is 155 Å². The predicted octanol–water partition coefficient (Wildman–Crippen LogP) is 3.35. The van der Waals surface area contributed by atoms with Crippen molar-refractivity contribution >= 4 is 27.9 Å². The Morgan fingerprint density at radius 3 is 2.88 bits per heavy atom. The highest BCUT2D eigenvalue weighted by Gasteiger charge is 2.49. The number of rotatable bonds is 6. The number of benzene rings is 1. The standard InChI is InChI=1S/C15H16BrF2N5O3/c16-10-3-1-2-9(4-10)11(6-17)21-13(24)12-5-15(18,7-20-22-19)8-23(12)14(25)26/h1-4,11-12H,5-8H2,(H,21,24)(H,25,26)/t11-,12+,15+/m1/s1. The number of amides is 2. The number of azide groups is 1. The van der Waals surface area contributed by atoms with Crippen molar-refractivity contribution < 1.29 is 23.5 Å². The van der Waals surface area contributed by atoms with Crippen molar-refractivity contribution in [3.05, 3.63) is 44.7 Å². The lowest BCUT2D eigenvalue weighted by atomic mass is 10.0. The summed E-state index contributed by atoms with van der Waals surface area (Å²) in [6.07, 6.45) is -1.95. The quantitative estimate of drug-likeness (QED) is 0.408. The summed E-state index contributed by atoms with van der Waals surface area (Å²) in [7, 11) is 0. The molecule has 11 heteroatoms. The smallest absolute Gasteiger partial charge is 0.408 e. The first-order chi connectivity index (χ1) is 12.3. The summed E-state index contributed by atoms with van der Waals surface area (Å²) in [6, 6.07) is 4.29. The van der Waals surface area contributed by atoms with E-state index in [1.165, 1.54) is 0 Å². The second-order valence-electron chi connectivity index (χ2n) is 5.94. The number of hydrogen-bond acceptors (Lipinski definition) is 3. The van der Waals surface area contributed by atoms with E-state index in [9.17, 15) is 23.5 Å². The van der Waals surface area contributed by atoms with E-state index in [0.717, 1.165) is 0 Å².